The molecule has 0 bridgehead atoms. The molecule has 4 nitrogen and oxygen atoms in total. The number of hydrazone groups is 1. The van der Waals surface area contributed by atoms with E-state index in [1.165, 1.54) is 17.1 Å². The molecule has 1 N–H and O–H groups in total. The minimum atomic E-state index is -4.45. The zero-order valence-electron chi connectivity index (χ0n) is 17.3. The highest BCUT2D eigenvalue weighted by Crippen LogP contribution is 2.36. The molecule has 33 heavy (non-hydrogen) atoms. The number of hydrogen-bond donors (Lipinski definition) is 1. The highest BCUT2D eigenvalue weighted by Gasteiger charge is 2.43. The number of amides is 2. The van der Waals surface area contributed by atoms with Crippen LogP contribution in [0.2, 0.25) is 10.0 Å². The maximum atomic E-state index is 12.9. The van der Waals surface area contributed by atoms with Crippen LogP contribution in [0, 0.1) is 0 Å². The summed E-state index contributed by atoms with van der Waals surface area (Å²) in [6, 6.07) is 18.1. The van der Waals surface area contributed by atoms with Gasteiger partial charge in [-0.15, -0.1) is 0 Å². The zero-order valence-corrected chi connectivity index (χ0v) is 18.8. The van der Waals surface area contributed by atoms with Gasteiger partial charge in [0, 0.05) is 15.7 Å². The van der Waals surface area contributed by atoms with E-state index < -0.39 is 23.2 Å². The minimum Gasteiger partial charge on any atom is -0.306 e. The summed E-state index contributed by atoms with van der Waals surface area (Å²) in [5, 5.41) is 9.62. The molecule has 1 atom stereocenters. The van der Waals surface area contributed by atoms with E-state index in [4.69, 9.17) is 23.2 Å². The van der Waals surface area contributed by atoms with E-state index in [0.29, 0.717) is 15.8 Å². The number of urea groups is 1. The van der Waals surface area contributed by atoms with Gasteiger partial charge in [0.05, 0.1) is 23.2 Å². The maximum absolute atomic E-state index is 12.9. The van der Waals surface area contributed by atoms with E-state index in [0.717, 1.165) is 23.3 Å². The number of benzene rings is 3. The van der Waals surface area contributed by atoms with Gasteiger partial charge < -0.3 is 5.32 Å². The number of nitrogens with zero attached hydrogens (tertiary/aromatic N) is 2. The van der Waals surface area contributed by atoms with Crippen LogP contribution < -0.4 is 5.32 Å². The standard InChI is InChI=1S/C24H18Cl2F3N3O/c1-23(16-4-10-19(26)11-5-16)14-32(31-21(23)15-2-8-18(25)9-3-15)22(33)30-20-12-6-17(7-13-20)24(27,28)29/h2-13H,14H2,1H3,(H,30,33). The number of hydrogen-bond acceptors (Lipinski definition) is 2. The Morgan fingerprint density at radius 1 is 0.939 bits per heavy atom. The van der Waals surface area contributed by atoms with Crippen molar-refractivity contribution in [1.29, 1.82) is 0 Å². The first-order valence-electron chi connectivity index (χ1n) is 9.93. The van der Waals surface area contributed by atoms with Crippen LogP contribution in [0.5, 0.6) is 0 Å². The Morgan fingerprint density at radius 3 is 2.03 bits per heavy atom. The molecule has 0 radical (unpaired) electrons. The lowest BCUT2D eigenvalue weighted by Crippen LogP contribution is -2.38. The lowest BCUT2D eigenvalue weighted by atomic mass is 9.76. The SMILES string of the molecule is CC1(c2ccc(Cl)cc2)CN(C(=O)Nc2ccc(C(F)(F)F)cc2)N=C1c1ccc(Cl)cc1. The molecular weight excluding hydrogens is 474 g/mol. The minimum absolute atomic E-state index is 0.221. The molecule has 9 heteroatoms. The van der Waals surface area contributed by atoms with Crippen molar-refractivity contribution in [2.45, 2.75) is 18.5 Å². The van der Waals surface area contributed by atoms with E-state index in [1.54, 1.807) is 24.3 Å². The number of carbonyl (C=O) groups is 1. The molecule has 0 aliphatic carbocycles. The van der Waals surface area contributed by atoms with Crippen LogP contribution in [-0.2, 0) is 11.6 Å². The van der Waals surface area contributed by atoms with E-state index in [-0.39, 0.29) is 12.2 Å². The van der Waals surface area contributed by atoms with Gasteiger partial charge in [-0.25, -0.2) is 9.80 Å². The fraction of sp³-hybridized carbons (Fsp3) is 0.167. The lowest BCUT2D eigenvalue weighted by Gasteiger charge is -2.27. The quantitative estimate of drug-likeness (QED) is 0.412. The van der Waals surface area contributed by atoms with E-state index in [1.807, 2.05) is 31.2 Å². The van der Waals surface area contributed by atoms with Gasteiger partial charge in [-0.2, -0.15) is 18.3 Å². The Hall–Kier alpha value is -3.03. The van der Waals surface area contributed by atoms with Crippen LogP contribution in [0.15, 0.2) is 77.9 Å². The van der Waals surface area contributed by atoms with Gasteiger partial charge in [0.25, 0.3) is 0 Å². The average Bonchev–Trinajstić information content (AvgIpc) is 3.13. The summed E-state index contributed by atoms with van der Waals surface area (Å²) in [4.78, 5) is 12.9. The lowest BCUT2D eigenvalue weighted by molar-refractivity contribution is -0.137. The van der Waals surface area contributed by atoms with E-state index in [9.17, 15) is 18.0 Å². The van der Waals surface area contributed by atoms with Crippen molar-refractivity contribution in [3.8, 4) is 0 Å². The number of alkyl halides is 3. The Morgan fingerprint density at radius 2 is 1.48 bits per heavy atom. The summed E-state index contributed by atoms with van der Waals surface area (Å²) >= 11 is 12.1. The predicted octanol–water partition coefficient (Wildman–Crippen LogP) is 7.22. The molecule has 170 valence electrons. The molecule has 3 aromatic rings. The normalized spacial score (nSPS) is 18.2. The third-order valence-corrected chi connectivity index (χ3v) is 6.01. The monoisotopic (exact) mass is 491 g/mol. The molecule has 1 unspecified atom stereocenters. The molecule has 3 aromatic carbocycles. The summed E-state index contributed by atoms with van der Waals surface area (Å²) in [7, 11) is 0. The molecule has 0 fully saturated rings. The van der Waals surface area contributed by atoms with Crippen LogP contribution in [0.4, 0.5) is 23.7 Å². The van der Waals surface area contributed by atoms with Crippen molar-refractivity contribution in [1.82, 2.24) is 5.01 Å². The van der Waals surface area contributed by atoms with Crippen molar-refractivity contribution < 1.29 is 18.0 Å². The summed E-state index contributed by atoms with van der Waals surface area (Å²) in [6.45, 7) is 2.19. The first-order valence-corrected chi connectivity index (χ1v) is 10.7. The van der Waals surface area contributed by atoms with E-state index >= 15 is 0 Å². The van der Waals surface area contributed by atoms with Crippen LogP contribution in [0.3, 0.4) is 0 Å². The van der Waals surface area contributed by atoms with Gasteiger partial charge in [0.15, 0.2) is 0 Å². The second-order valence-corrected chi connectivity index (χ2v) is 8.73. The molecule has 0 saturated heterocycles. The zero-order chi connectivity index (χ0) is 23.8. The second kappa shape index (κ2) is 8.72. The molecule has 0 saturated carbocycles. The number of carbonyl (C=O) groups excluding carboxylic acids is 1. The van der Waals surface area contributed by atoms with Crippen molar-refractivity contribution in [2.75, 3.05) is 11.9 Å². The third-order valence-electron chi connectivity index (χ3n) is 5.51. The summed E-state index contributed by atoms with van der Waals surface area (Å²) in [5.74, 6) is 0. The molecule has 4 rings (SSSR count). The highest BCUT2D eigenvalue weighted by molar-refractivity contribution is 6.31. The van der Waals surface area contributed by atoms with E-state index in [2.05, 4.69) is 10.4 Å². The van der Waals surface area contributed by atoms with Gasteiger partial charge in [-0.1, -0.05) is 47.5 Å². The summed E-state index contributed by atoms with van der Waals surface area (Å²) in [6.07, 6.45) is -4.45. The van der Waals surface area contributed by atoms with Gasteiger partial charge in [0.2, 0.25) is 0 Å². The fourth-order valence-corrected chi connectivity index (χ4v) is 3.97. The van der Waals surface area contributed by atoms with Crippen LogP contribution in [0.25, 0.3) is 0 Å². The number of halogens is 5. The smallest absolute Gasteiger partial charge is 0.306 e. The van der Waals surface area contributed by atoms with Gasteiger partial charge in [-0.3, -0.25) is 0 Å². The summed E-state index contributed by atoms with van der Waals surface area (Å²) < 4.78 is 38.4. The van der Waals surface area contributed by atoms with Crippen LogP contribution in [-0.4, -0.2) is 23.3 Å². The summed E-state index contributed by atoms with van der Waals surface area (Å²) in [5.41, 5.74) is 1.14. The van der Waals surface area contributed by atoms with Gasteiger partial charge >= 0.3 is 12.2 Å². The Bertz CT molecular complexity index is 1190. The van der Waals surface area contributed by atoms with Crippen molar-refractivity contribution >= 4 is 40.6 Å². The molecule has 0 aromatic heterocycles. The van der Waals surface area contributed by atoms with Crippen LogP contribution in [0.1, 0.15) is 23.6 Å². The second-order valence-electron chi connectivity index (χ2n) is 7.86. The maximum Gasteiger partial charge on any atom is 0.416 e. The molecular formula is C24H18Cl2F3N3O. The first-order chi connectivity index (χ1) is 15.6. The molecule has 0 spiro atoms. The Balaban J connectivity index is 1.64. The first kappa shape index (κ1) is 23.1. The van der Waals surface area contributed by atoms with Crippen molar-refractivity contribution in [3.05, 3.63) is 99.5 Å². The highest BCUT2D eigenvalue weighted by atomic mass is 35.5. The number of anilines is 1. The molecule has 1 aliphatic heterocycles. The van der Waals surface area contributed by atoms with Crippen molar-refractivity contribution in [3.63, 3.8) is 0 Å². The predicted molar refractivity (Wildman–Crippen MR) is 124 cm³/mol. The molecule has 1 aliphatic rings. The van der Waals surface area contributed by atoms with Crippen molar-refractivity contribution in [2.24, 2.45) is 5.10 Å². The average molecular weight is 492 g/mol. The van der Waals surface area contributed by atoms with Crippen LogP contribution >= 0.6 is 23.2 Å². The van der Waals surface area contributed by atoms with Gasteiger partial charge in [-0.05, 0) is 66.6 Å². The molecule has 1 heterocycles. The largest absolute Gasteiger partial charge is 0.416 e. The topological polar surface area (TPSA) is 44.7 Å². The van der Waals surface area contributed by atoms with Gasteiger partial charge in [0.1, 0.15) is 0 Å². The number of nitrogens with one attached hydrogen (secondary N) is 1. The Labute approximate surface area is 198 Å². The Kier molecular flexibility index (Phi) is 6.12. The fourth-order valence-electron chi connectivity index (χ4n) is 3.72. The molecule has 2 amide bonds. The third kappa shape index (κ3) is 4.84. The number of rotatable bonds is 3.